The van der Waals surface area contributed by atoms with Crippen LogP contribution in [0.4, 0.5) is 18.9 Å². The van der Waals surface area contributed by atoms with Crippen molar-refractivity contribution in [3.63, 3.8) is 0 Å². The quantitative estimate of drug-likeness (QED) is 0.363. The maximum atomic E-state index is 13.9. The summed E-state index contributed by atoms with van der Waals surface area (Å²) in [6.07, 6.45) is -3.75. The molecule has 0 aromatic heterocycles. The second-order valence-corrected chi connectivity index (χ2v) is 11.3. The molecule has 0 unspecified atom stereocenters. The lowest BCUT2D eigenvalue weighted by atomic mass is 10.0. The van der Waals surface area contributed by atoms with Gasteiger partial charge in [0.15, 0.2) is 0 Å². The molecule has 3 aromatic carbocycles. The molecule has 0 heterocycles. The summed E-state index contributed by atoms with van der Waals surface area (Å²) in [6, 6.07) is 19.1. The van der Waals surface area contributed by atoms with Crippen LogP contribution in [-0.2, 0) is 38.8 Å². The number of sulfonamides is 1. The molecule has 0 spiro atoms. The van der Waals surface area contributed by atoms with Crippen LogP contribution in [-0.4, -0.2) is 50.5 Å². The molecule has 7 nitrogen and oxygen atoms in total. The highest BCUT2D eigenvalue weighted by molar-refractivity contribution is 7.92. The second-order valence-electron chi connectivity index (χ2n) is 9.43. The summed E-state index contributed by atoms with van der Waals surface area (Å²) < 4.78 is 66.2. The van der Waals surface area contributed by atoms with Crippen molar-refractivity contribution in [2.45, 2.75) is 39.0 Å². The molecule has 0 saturated heterocycles. The molecular weight excluding hydrogens is 543 g/mol. The van der Waals surface area contributed by atoms with E-state index in [4.69, 9.17) is 0 Å². The van der Waals surface area contributed by atoms with E-state index in [1.54, 1.807) is 31.2 Å². The molecule has 0 aliphatic rings. The number of hydrogen-bond donors (Lipinski definition) is 1. The lowest BCUT2D eigenvalue weighted by Gasteiger charge is -2.33. The first-order valence-corrected chi connectivity index (χ1v) is 14.5. The van der Waals surface area contributed by atoms with E-state index in [-0.39, 0.29) is 18.7 Å². The summed E-state index contributed by atoms with van der Waals surface area (Å²) in [5, 5.41) is 2.75. The first-order valence-electron chi connectivity index (χ1n) is 12.6. The Morgan fingerprint density at radius 3 is 2.15 bits per heavy atom. The van der Waals surface area contributed by atoms with Gasteiger partial charge in [-0.15, -0.1) is 0 Å². The van der Waals surface area contributed by atoms with Crippen LogP contribution in [0.15, 0.2) is 78.9 Å². The Labute approximate surface area is 232 Å². The largest absolute Gasteiger partial charge is 0.416 e. The van der Waals surface area contributed by atoms with Gasteiger partial charge in [0.05, 0.1) is 17.5 Å². The number of alkyl halides is 3. The zero-order chi connectivity index (χ0) is 29.5. The highest BCUT2D eigenvalue weighted by Crippen LogP contribution is 2.32. The van der Waals surface area contributed by atoms with E-state index in [2.05, 4.69) is 5.32 Å². The standard InChI is InChI=1S/C29H32F3N3O4S/c1-4-33-28(37)26(17-22-9-6-5-7-10-22)34(19-23-15-13-21(2)14-16-23)27(36)20-35(40(3,38)39)25-12-8-11-24(18-25)29(30,31)32/h5-16,18,26H,4,17,19-20H2,1-3H3,(H,33,37)/t26-/m0/s1. The first-order chi connectivity index (χ1) is 18.8. The molecule has 1 atom stereocenters. The van der Waals surface area contributed by atoms with Gasteiger partial charge in [0.2, 0.25) is 21.8 Å². The first kappa shape index (κ1) is 30.7. The number of carbonyl (C=O) groups excluding carboxylic acids is 2. The Morgan fingerprint density at radius 2 is 1.57 bits per heavy atom. The van der Waals surface area contributed by atoms with Gasteiger partial charge in [-0.25, -0.2) is 8.42 Å². The lowest BCUT2D eigenvalue weighted by Crippen LogP contribution is -2.53. The van der Waals surface area contributed by atoms with Crippen molar-refractivity contribution < 1.29 is 31.2 Å². The molecule has 3 rings (SSSR count). The predicted molar refractivity (Wildman–Crippen MR) is 148 cm³/mol. The van der Waals surface area contributed by atoms with E-state index >= 15 is 0 Å². The minimum Gasteiger partial charge on any atom is -0.355 e. The average molecular weight is 576 g/mol. The normalized spacial score (nSPS) is 12.4. The maximum absolute atomic E-state index is 13.9. The third-order valence-electron chi connectivity index (χ3n) is 6.24. The molecule has 0 radical (unpaired) electrons. The van der Waals surface area contributed by atoms with Gasteiger partial charge in [-0.3, -0.25) is 13.9 Å². The number of nitrogens with zero attached hydrogens (tertiary/aromatic N) is 2. The molecule has 0 aliphatic carbocycles. The van der Waals surface area contributed by atoms with E-state index in [0.717, 1.165) is 29.5 Å². The average Bonchev–Trinajstić information content (AvgIpc) is 2.90. The summed E-state index contributed by atoms with van der Waals surface area (Å²) >= 11 is 0. The zero-order valence-corrected chi connectivity index (χ0v) is 23.3. The summed E-state index contributed by atoms with van der Waals surface area (Å²) in [5.41, 5.74) is 1.11. The third kappa shape index (κ3) is 8.32. The van der Waals surface area contributed by atoms with Crippen LogP contribution in [0.25, 0.3) is 0 Å². The highest BCUT2D eigenvalue weighted by atomic mass is 32.2. The van der Waals surface area contributed by atoms with E-state index in [0.29, 0.717) is 22.5 Å². The van der Waals surface area contributed by atoms with Crippen LogP contribution in [0, 0.1) is 6.92 Å². The number of hydrogen-bond acceptors (Lipinski definition) is 4. The smallest absolute Gasteiger partial charge is 0.355 e. The van der Waals surface area contributed by atoms with Crippen LogP contribution < -0.4 is 9.62 Å². The Bertz CT molecular complexity index is 1410. The third-order valence-corrected chi connectivity index (χ3v) is 7.38. The number of carbonyl (C=O) groups is 2. The molecular formula is C29H32F3N3O4S. The van der Waals surface area contributed by atoms with Crippen LogP contribution in [0.2, 0.25) is 0 Å². The number of rotatable bonds is 11. The van der Waals surface area contributed by atoms with E-state index in [9.17, 15) is 31.2 Å². The zero-order valence-electron chi connectivity index (χ0n) is 22.5. The van der Waals surface area contributed by atoms with Crippen LogP contribution in [0.1, 0.15) is 29.2 Å². The van der Waals surface area contributed by atoms with Gasteiger partial charge in [-0.05, 0) is 43.2 Å². The molecule has 0 fully saturated rings. The Kier molecular flexibility index (Phi) is 9.97. The topological polar surface area (TPSA) is 86.8 Å². The van der Waals surface area contributed by atoms with Gasteiger partial charge in [0, 0.05) is 19.5 Å². The molecule has 40 heavy (non-hydrogen) atoms. The fourth-order valence-corrected chi connectivity index (χ4v) is 5.03. The molecule has 0 saturated carbocycles. The van der Waals surface area contributed by atoms with Crippen molar-refractivity contribution in [2.24, 2.45) is 0 Å². The van der Waals surface area contributed by atoms with E-state index in [1.807, 2.05) is 37.3 Å². The maximum Gasteiger partial charge on any atom is 0.416 e. The van der Waals surface area contributed by atoms with Crippen molar-refractivity contribution in [1.82, 2.24) is 10.2 Å². The predicted octanol–water partition coefficient (Wildman–Crippen LogP) is 4.56. The monoisotopic (exact) mass is 575 g/mol. The van der Waals surface area contributed by atoms with E-state index in [1.165, 1.54) is 11.0 Å². The van der Waals surface area contributed by atoms with Gasteiger partial charge >= 0.3 is 6.18 Å². The lowest BCUT2D eigenvalue weighted by molar-refractivity contribution is -0.140. The molecule has 214 valence electrons. The Morgan fingerprint density at radius 1 is 0.925 bits per heavy atom. The van der Waals surface area contributed by atoms with E-state index < -0.39 is 46.2 Å². The molecule has 0 bridgehead atoms. The minimum absolute atomic E-state index is 0.0199. The number of halogens is 3. The fourth-order valence-electron chi connectivity index (χ4n) is 4.19. The number of amides is 2. The number of benzene rings is 3. The summed E-state index contributed by atoms with van der Waals surface area (Å²) in [4.78, 5) is 28.5. The molecule has 2 amide bonds. The minimum atomic E-state index is -4.71. The number of likely N-dealkylation sites (N-methyl/N-ethyl adjacent to an activating group) is 1. The summed E-state index contributed by atoms with van der Waals surface area (Å²) in [7, 11) is -4.18. The summed E-state index contributed by atoms with van der Waals surface area (Å²) in [6.45, 7) is 3.13. The van der Waals surface area contributed by atoms with Gasteiger partial charge in [-0.1, -0.05) is 66.2 Å². The Hall–Kier alpha value is -3.86. The van der Waals surface area contributed by atoms with Crippen molar-refractivity contribution in [3.05, 3.63) is 101 Å². The molecule has 3 aromatic rings. The van der Waals surface area contributed by atoms with Gasteiger partial charge in [0.25, 0.3) is 0 Å². The Balaban J connectivity index is 2.06. The number of anilines is 1. The van der Waals surface area contributed by atoms with Crippen LogP contribution in [0.5, 0.6) is 0 Å². The summed E-state index contributed by atoms with van der Waals surface area (Å²) in [5.74, 6) is -1.17. The number of nitrogens with one attached hydrogen (secondary N) is 1. The van der Waals surface area contributed by atoms with Gasteiger partial charge < -0.3 is 10.2 Å². The molecule has 1 N–H and O–H groups in total. The van der Waals surface area contributed by atoms with Gasteiger partial charge in [-0.2, -0.15) is 13.2 Å². The van der Waals surface area contributed by atoms with Crippen LogP contribution >= 0.6 is 0 Å². The van der Waals surface area contributed by atoms with Crippen LogP contribution in [0.3, 0.4) is 0 Å². The van der Waals surface area contributed by atoms with Crippen molar-refractivity contribution in [3.8, 4) is 0 Å². The molecule has 0 aliphatic heterocycles. The van der Waals surface area contributed by atoms with Crippen molar-refractivity contribution in [2.75, 3.05) is 23.7 Å². The van der Waals surface area contributed by atoms with Crippen molar-refractivity contribution >= 4 is 27.5 Å². The molecule has 11 heteroatoms. The fraction of sp³-hybridized carbons (Fsp3) is 0.310. The number of aryl methyl sites for hydroxylation is 1. The SMILES string of the molecule is CCNC(=O)[C@H](Cc1ccccc1)N(Cc1ccc(C)cc1)C(=O)CN(c1cccc(C(F)(F)F)c1)S(C)(=O)=O. The van der Waals surface area contributed by atoms with Gasteiger partial charge in [0.1, 0.15) is 12.6 Å². The second kappa shape index (κ2) is 13.0. The highest BCUT2D eigenvalue weighted by Gasteiger charge is 2.34. The van der Waals surface area contributed by atoms with Crippen molar-refractivity contribution in [1.29, 1.82) is 0 Å².